The molecule has 3 rings (SSSR count). The molecule has 2 aliphatic heterocycles. The maximum Gasteiger partial charge on any atom is 0.255 e. The van der Waals surface area contributed by atoms with Crippen LogP contribution >= 0.6 is 0 Å². The van der Waals surface area contributed by atoms with E-state index in [0.717, 1.165) is 51.9 Å². The molecular formula is C17H23N3O2. The number of likely N-dealkylation sites (tertiary alicyclic amines) is 1. The predicted octanol–water partition coefficient (Wildman–Crippen LogP) is 1.86. The van der Waals surface area contributed by atoms with Crippen molar-refractivity contribution in [1.29, 1.82) is 0 Å². The second kappa shape index (κ2) is 6.92. The summed E-state index contributed by atoms with van der Waals surface area (Å²) >= 11 is 0. The van der Waals surface area contributed by atoms with Gasteiger partial charge in [0.05, 0.1) is 11.3 Å². The molecular weight excluding hydrogens is 278 g/mol. The summed E-state index contributed by atoms with van der Waals surface area (Å²) < 4.78 is 0. The summed E-state index contributed by atoms with van der Waals surface area (Å²) in [4.78, 5) is 26.9. The largest absolute Gasteiger partial charge is 0.339 e. The summed E-state index contributed by atoms with van der Waals surface area (Å²) in [5, 5.41) is 6.23. The Morgan fingerprint density at radius 2 is 1.77 bits per heavy atom. The number of anilines is 1. The normalized spacial score (nSPS) is 19.2. The van der Waals surface area contributed by atoms with Gasteiger partial charge in [0.15, 0.2) is 0 Å². The van der Waals surface area contributed by atoms with Crippen molar-refractivity contribution < 1.29 is 9.59 Å². The molecule has 0 aromatic heterocycles. The summed E-state index contributed by atoms with van der Waals surface area (Å²) in [5.74, 6) is 0.0954. The molecule has 0 aliphatic carbocycles. The number of piperidine rings is 1. The lowest BCUT2D eigenvalue weighted by molar-refractivity contribution is -0.120. The average molecular weight is 301 g/mol. The summed E-state index contributed by atoms with van der Waals surface area (Å²) in [6.45, 7) is 3.39. The molecule has 5 heteroatoms. The molecule has 1 aromatic carbocycles. The maximum atomic E-state index is 12.6. The van der Waals surface area contributed by atoms with Gasteiger partial charge in [-0.15, -0.1) is 0 Å². The Labute approximate surface area is 131 Å². The molecule has 2 saturated heterocycles. The van der Waals surface area contributed by atoms with Crippen molar-refractivity contribution in [3.63, 3.8) is 0 Å². The number of amides is 2. The van der Waals surface area contributed by atoms with Crippen molar-refractivity contribution in [3.05, 3.63) is 29.8 Å². The second-order valence-electron chi connectivity index (χ2n) is 6.06. The van der Waals surface area contributed by atoms with Crippen molar-refractivity contribution in [2.45, 2.75) is 25.7 Å². The third-order valence-corrected chi connectivity index (χ3v) is 4.52. The van der Waals surface area contributed by atoms with Crippen LogP contribution in [0.3, 0.4) is 0 Å². The summed E-state index contributed by atoms with van der Waals surface area (Å²) in [5.41, 5.74) is 1.25. The fraction of sp³-hybridized carbons (Fsp3) is 0.529. The first kappa shape index (κ1) is 15.0. The number of hydrogen-bond acceptors (Lipinski definition) is 3. The Hall–Kier alpha value is -1.88. The Morgan fingerprint density at radius 3 is 2.50 bits per heavy atom. The molecule has 0 radical (unpaired) electrons. The molecule has 1 aromatic rings. The fourth-order valence-corrected chi connectivity index (χ4v) is 3.19. The van der Waals surface area contributed by atoms with Crippen molar-refractivity contribution >= 4 is 17.5 Å². The smallest absolute Gasteiger partial charge is 0.255 e. The first-order valence-electron chi connectivity index (χ1n) is 8.15. The lowest BCUT2D eigenvalue weighted by Crippen LogP contribution is -2.35. The average Bonchev–Trinajstić information content (AvgIpc) is 3.10. The molecule has 2 heterocycles. The van der Waals surface area contributed by atoms with E-state index in [1.54, 1.807) is 6.07 Å². The van der Waals surface area contributed by atoms with E-state index in [9.17, 15) is 9.59 Å². The Balaban J connectivity index is 1.73. The number of hydrogen-bond donors (Lipinski definition) is 2. The van der Waals surface area contributed by atoms with Crippen molar-refractivity contribution in [1.82, 2.24) is 10.2 Å². The standard InChI is InChI=1S/C17H23N3O2/c21-16(13-7-9-18-10-8-13)19-15-6-2-1-5-14(15)17(22)20-11-3-4-12-20/h1-2,5-6,13,18H,3-4,7-12H2,(H,19,21). The number of nitrogens with zero attached hydrogens (tertiary/aromatic N) is 1. The minimum absolute atomic E-state index is 0.0266. The third kappa shape index (κ3) is 3.30. The van der Waals surface area contributed by atoms with Gasteiger partial charge < -0.3 is 15.5 Å². The zero-order valence-corrected chi connectivity index (χ0v) is 12.8. The molecule has 2 aliphatic rings. The summed E-state index contributed by atoms with van der Waals surface area (Å²) in [6, 6.07) is 7.34. The van der Waals surface area contributed by atoms with Crippen LogP contribution in [0.25, 0.3) is 0 Å². The first-order valence-corrected chi connectivity index (χ1v) is 8.15. The molecule has 0 spiro atoms. The van der Waals surface area contributed by atoms with Gasteiger partial charge in [-0.3, -0.25) is 9.59 Å². The van der Waals surface area contributed by atoms with E-state index in [-0.39, 0.29) is 17.7 Å². The van der Waals surface area contributed by atoms with Crippen molar-refractivity contribution in [3.8, 4) is 0 Å². The van der Waals surface area contributed by atoms with Gasteiger partial charge in [0.25, 0.3) is 5.91 Å². The van der Waals surface area contributed by atoms with E-state index < -0.39 is 0 Å². The molecule has 2 N–H and O–H groups in total. The van der Waals surface area contributed by atoms with Crippen LogP contribution in [0.4, 0.5) is 5.69 Å². The van der Waals surface area contributed by atoms with E-state index in [1.807, 2.05) is 23.1 Å². The van der Waals surface area contributed by atoms with E-state index in [2.05, 4.69) is 10.6 Å². The van der Waals surface area contributed by atoms with Crippen LogP contribution in [0, 0.1) is 5.92 Å². The highest BCUT2D eigenvalue weighted by Gasteiger charge is 2.25. The molecule has 0 saturated carbocycles. The highest BCUT2D eigenvalue weighted by molar-refractivity contribution is 6.04. The van der Waals surface area contributed by atoms with Gasteiger partial charge in [-0.2, -0.15) is 0 Å². The molecule has 22 heavy (non-hydrogen) atoms. The second-order valence-corrected chi connectivity index (χ2v) is 6.06. The minimum Gasteiger partial charge on any atom is -0.339 e. The molecule has 2 amide bonds. The van der Waals surface area contributed by atoms with E-state index >= 15 is 0 Å². The summed E-state index contributed by atoms with van der Waals surface area (Å²) in [6.07, 6.45) is 3.84. The SMILES string of the molecule is O=C(Nc1ccccc1C(=O)N1CCCC1)C1CCNCC1. The topological polar surface area (TPSA) is 61.4 Å². The van der Waals surface area contributed by atoms with Crippen LogP contribution in [0.15, 0.2) is 24.3 Å². The van der Waals surface area contributed by atoms with Gasteiger partial charge in [-0.25, -0.2) is 0 Å². The lowest BCUT2D eigenvalue weighted by Gasteiger charge is -2.23. The van der Waals surface area contributed by atoms with E-state index in [4.69, 9.17) is 0 Å². The van der Waals surface area contributed by atoms with Gasteiger partial charge in [0.2, 0.25) is 5.91 Å². The number of benzene rings is 1. The number of rotatable bonds is 3. The van der Waals surface area contributed by atoms with Gasteiger partial charge >= 0.3 is 0 Å². The zero-order valence-electron chi connectivity index (χ0n) is 12.8. The fourth-order valence-electron chi connectivity index (χ4n) is 3.19. The molecule has 0 atom stereocenters. The van der Waals surface area contributed by atoms with E-state index in [1.165, 1.54) is 0 Å². The van der Waals surface area contributed by atoms with Crippen LogP contribution in [0.1, 0.15) is 36.0 Å². The molecule has 0 unspecified atom stereocenters. The molecule has 118 valence electrons. The van der Waals surface area contributed by atoms with Gasteiger partial charge in [0, 0.05) is 19.0 Å². The predicted molar refractivity (Wildman–Crippen MR) is 85.8 cm³/mol. The van der Waals surface area contributed by atoms with E-state index in [0.29, 0.717) is 11.3 Å². The third-order valence-electron chi connectivity index (χ3n) is 4.52. The molecule has 0 bridgehead atoms. The first-order chi connectivity index (χ1) is 10.8. The Bertz CT molecular complexity index is 547. The Morgan fingerprint density at radius 1 is 1.09 bits per heavy atom. The Kier molecular flexibility index (Phi) is 4.73. The maximum absolute atomic E-state index is 12.6. The highest BCUT2D eigenvalue weighted by atomic mass is 16.2. The van der Waals surface area contributed by atoms with Crippen molar-refractivity contribution in [2.24, 2.45) is 5.92 Å². The van der Waals surface area contributed by atoms with Crippen LogP contribution in [0.5, 0.6) is 0 Å². The quantitative estimate of drug-likeness (QED) is 0.896. The lowest BCUT2D eigenvalue weighted by atomic mass is 9.97. The molecule has 2 fully saturated rings. The minimum atomic E-state index is 0.0266. The zero-order chi connectivity index (χ0) is 15.4. The monoisotopic (exact) mass is 301 g/mol. The van der Waals surface area contributed by atoms with Crippen LogP contribution < -0.4 is 10.6 Å². The number of nitrogens with one attached hydrogen (secondary N) is 2. The highest BCUT2D eigenvalue weighted by Crippen LogP contribution is 2.22. The summed E-state index contributed by atoms with van der Waals surface area (Å²) in [7, 11) is 0. The van der Waals surface area contributed by atoms with Crippen molar-refractivity contribution in [2.75, 3.05) is 31.5 Å². The van der Waals surface area contributed by atoms with Gasteiger partial charge in [-0.05, 0) is 50.9 Å². The van der Waals surface area contributed by atoms with Gasteiger partial charge in [0.1, 0.15) is 0 Å². The molecule has 5 nitrogen and oxygen atoms in total. The van der Waals surface area contributed by atoms with Gasteiger partial charge in [-0.1, -0.05) is 12.1 Å². The van der Waals surface area contributed by atoms with Crippen LogP contribution in [-0.2, 0) is 4.79 Å². The van der Waals surface area contributed by atoms with Crippen LogP contribution in [0.2, 0.25) is 0 Å². The van der Waals surface area contributed by atoms with Crippen LogP contribution in [-0.4, -0.2) is 42.9 Å². The number of carbonyl (C=O) groups excluding carboxylic acids is 2. The number of carbonyl (C=O) groups is 2. The number of para-hydroxylation sites is 1.